The first-order valence-electron chi connectivity index (χ1n) is 5.15. The van der Waals surface area contributed by atoms with Crippen molar-refractivity contribution in [2.75, 3.05) is 12.3 Å². The number of anilines is 1. The van der Waals surface area contributed by atoms with Crippen molar-refractivity contribution in [1.82, 2.24) is 10.3 Å². The Labute approximate surface area is 88.9 Å². The Hall–Kier alpha value is -1.58. The molecule has 3 N–H and O–H groups in total. The van der Waals surface area contributed by atoms with E-state index < -0.39 is 0 Å². The molecule has 80 valence electrons. The van der Waals surface area contributed by atoms with Crippen molar-refractivity contribution < 1.29 is 4.79 Å². The number of rotatable bonds is 1. The number of nitrogens with one attached hydrogen (secondary N) is 1. The van der Waals surface area contributed by atoms with Crippen molar-refractivity contribution in [2.24, 2.45) is 0 Å². The molecule has 1 fully saturated rings. The molecule has 4 heteroatoms. The number of carbonyl (C=O) groups is 1. The van der Waals surface area contributed by atoms with Crippen LogP contribution in [0.4, 0.5) is 5.82 Å². The molecule has 0 aromatic carbocycles. The van der Waals surface area contributed by atoms with E-state index in [1.807, 2.05) is 13.0 Å². The average Bonchev–Trinajstić information content (AvgIpc) is 2.22. The highest BCUT2D eigenvalue weighted by atomic mass is 16.1. The van der Waals surface area contributed by atoms with Gasteiger partial charge in [0.15, 0.2) is 0 Å². The number of aryl methyl sites for hydroxylation is 1. The van der Waals surface area contributed by atoms with E-state index in [0.29, 0.717) is 18.2 Å². The lowest BCUT2D eigenvalue weighted by atomic mass is 9.90. The molecule has 0 aliphatic carbocycles. The fourth-order valence-corrected chi connectivity index (χ4v) is 1.90. The summed E-state index contributed by atoms with van der Waals surface area (Å²) in [6.45, 7) is 2.70. The monoisotopic (exact) mass is 205 g/mol. The Morgan fingerprint density at radius 3 is 3.07 bits per heavy atom. The number of carbonyl (C=O) groups excluding carboxylic acids is 1. The van der Waals surface area contributed by atoms with E-state index in [-0.39, 0.29) is 5.91 Å². The van der Waals surface area contributed by atoms with Crippen molar-refractivity contribution >= 4 is 11.7 Å². The van der Waals surface area contributed by atoms with Crippen LogP contribution in [0.25, 0.3) is 0 Å². The third-order valence-corrected chi connectivity index (χ3v) is 2.86. The molecule has 2 heterocycles. The van der Waals surface area contributed by atoms with Gasteiger partial charge in [-0.15, -0.1) is 0 Å². The maximum absolute atomic E-state index is 11.2. The third kappa shape index (κ3) is 2.09. The number of aromatic nitrogens is 1. The molecular formula is C11H15N3O. The van der Waals surface area contributed by atoms with Crippen LogP contribution in [0, 0.1) is 6.92 Å². The molecule has 1 saturated heterocycles. The molecule has 0 bridgehead atoms. The number of hydrogen-bond donors (Lipinski definition) is 2. The van der Waals surface area contributed by atoms with E-state index >= 15 is 0 Å². The maximum atomic E-state index is 11.2. The molecule has 2 rings (SSSR count). The van der Waals surface area contributed by atoms with Gasteiger partial charge in [0.25, 0.3) is 0 Å². The fraction of sp³-hybridized carbons (Fsp3) is 0.455. The first kappa shape index (κ1) is 9.96. The fourth-order valence-electron chi connectivity index (χ4n) is 1.90. The van der Waals surface area contributed by atoms with Gasteiger partial charge in [-0.05, 0) is 30.4 Å². The summed E-state index contributed by atoms with van der Waals surface area (Å²) in [5.74, 6) is 0.991. The van der Waals surface area contributed by atoms with Gasteiger partial charge in [0.1, 0.15) is 5.82 Å². The zero-order chi connectivity index (χ0) is 10.8. The SMILES string of the molecule is Cc1cc(C2CCNC(=O)C2)cnc1N. The minimum Gasteiger partial charge on any atom is -0.383 e. The normalized spacial score (nSPS) is 21.1. The minimum atomic E-state index is 0.126. The van der Waals surface area contributed by atoms with Crippen LogP contribution in [0.15, 0.2) is 12.3 Å². The van der Waals surface area contributed by atoms with Crippen LogP contribution < -0.4 is 11.1 Å². The molecule has 1 amide bonds. The number of nitrogens with two attached hydrogens (primary N) is 1. The lowest BCUT2D eigenvalue weighted by Gasteiger charge is -2.22. The average molecular weight is 205 g/mol. The van der Waals surface area contributed by atoms with Crippen LogP contribution in [-0.2, 0) is 4.79 Å². The lowest BCUT2D eigenvalue weighted by Crippen LogP contribution is -2.32. The Kier molecular flexibility index (Phi) is 2.58. The standard InChI is InChI=1S/C11H15N3O/c1-7-4-9(6-14-11(7)12)8-2-3-13-10(15)5-8/h4,6,8H,2-3,5H2,1H3,(H2,12,14)(H,13,15). The van der Waals surface area contributed by atoms with Crippen molar-refractivity contribution in [3.63, 3.8) is 0 Å². The molecule has 1 aromatic heterocycles. The molecule has 1 aliphatic rings. The van der Waals surface area contributed by atoms with Gasteiger partial charge in [0, 0.05) is 19.2 Å². The molecule has 15 heavy (non-hydrogen) atoms. The summed E-state index contributed by atoms with van der Waals surface area (Å²) < 4.78 is 0. The summed E-state index contributed by atoms with van der Waals surface area (Å²) in [5.41, 5.74) is 7.76. The second-order valence-electron chi connectivity index (χ2n) is 4.01. The van der Waals surface area contributed by atoms with E-state index in [1.54, 1.807) is 6.20 Å². The highest BCUT2D eigenvalue weighted by Gasteiger charge is 2.20. The van der Waals surface area contributed by atoms with Crippen molar-refractivity contribution in [3.8, 4) is 0 Å². The third-order valence-electron chi connectivity index (χ3n) is 2.86. The van der Waals surface area contributed by atoms with Gasteiger partial charge >= 0.3 is 0 Å². The summed E-state index contributed by atoms with van der Waals surface area (Å²) in [4.78, 5) is 15.4. The first-order chi connectivity index (χ1) is 7.16. The van der Waals surface area contributed by atoms with Gasteiger partial charge in [-0.3, -0.25) is 4.79 Å². The predicted octanol–water partition coefficient (Wildman–Crippen LogP) is 0.966. The molecule has 1 aromatic rings. The number of amides is 1. The summed E-state index contributed by atoms with van der Waals surface area (Å²) >= 11 is 0. The van der Waals surface area contributed by atoms with Crippen molar-refractivity contribution in [3.05, 3.63) is 23.4 Å². The zero-order valence-electron chi connectivity index (χ0n) is 8.79. The highest BCUT2D eigenvalue weighted by Crippen LogP contribution is 2.26. The van der Waals surface area contributed by atoms with E-state index in [2.05, 4.69) is 10.3 Å². The van der Waals surface area contributed by atoms with Gasteiger partial charge < -0.3 is 11.1 Å². The number of nitrogens with zero attached hydrogens (tertiary/aromatic N) is 1. The predicted molar refractivity (Wildman–Crippen MR) is 58.4 cm³/mol. The smallest absolute Gasteiger partial charge is 0.220 e. The Morgan fingerprint density at radius 2 is 2.40 bits per heavy atom. The second kappa shape index (κ2) is 3.88. The van der Waals surface area contributed by atoms with Crippen molar-refractivity contribution in [2.45, 2.75) is 25.7 Å². The van der Waals surface area contributed by atoms with Crippen molar-refractivity contribution in [1.29, 1.82) is 0 Å². The van der Waals surface area contributed by atoms with E-state index in [0.717, 1.165) is 24.1 Å². The van der Waals surface area contributed by atoms with Gasteiger partial charge in [0.05, 0.1) is 0 Å². The van der Waals surface area contributed by atoms with Crippen LogP contribution in [0.1, 0.15) is 29.9 Å². The van der Waals surface area contributed by atoms with Gasteiger partial charge in [0.2, 0.25) is 5.91 Å². The van der Waals surface area contributed by atoms with Crippen LogP contribution >= 0.6 is 0 Å². The topological polar surface area (TPSA) is 68.0 Å². The van der Waals surface area contributed by atoms with Gasteiger partial charge in [-0.2, -0.15) is 0 Å². The Balaban J connectivity index is 2.21. The minimum absolute atomic E-state index is 0.126. The number of pyridine rings is 1. The molecule has 0 spiro atoms. The number of nitrogen functional groups attached to an aromatic ring is 1. The molecule has 0 radical (unpaired) electrons. The quantitative estimate of drug-likeness (QED) is 0.717. The summed E-state index contributed by atoms with van der Waals surface area (Å²) in [6, 6.07) is 2.03. The molecule has 1 aliphatic heterocycles. The second-order valence-corrected chi connectivity index (χ2v) is 4.01. The highest BCUT2D eigenvalue weighted by molar-refractivity contribution is 5.77. The van der Waals surface area contributed by atoms with Crippen LogP contribution in [0.5, 0.6) is 0 Å². The van der Waals surface area contributed by atoms with Gasteiger partial charge in [-0.25, -0.2) is 4.98 Å². The summed E-state index contributed by atoms with van der Waals surface area (Å²) in [6.07, 6.45) is 3.33. The zero-order valence-corrected chi connectivity index (χ0v) is 8.79. The summed E-state index contributed by atoms with van der Waals surface area (Å²) in [7, 11) is 0. The molecule has 0 saturated carbocycles. The number of piperidine rings is 1. The Bertz CT molecular complexity index is 389. The maximum Gasteiger partial charge on any atom is 0.220 e. The lowest BCUT2D eigenvalue weighted by molar-refractivity contribution is -0.122. The molecule has 1 atom stereocenters. The first-order valence-corrected chi connectivity index (χ1v) is 5.15. The molecular weight excluding hydrogens is 190 g/mol. The van der Waals surface area contributed by atoms with E-state index in [9.17, 15) is 4.79 Å². The largest absolute Gasteiger partial charge is 0.383 e. The van der Waals surface area contributed by atoms with Crippen LogP contribution in [0.3, 0.4) is 0 Å². The Morgan fingerprint density at radius 1 is 1.60 bits per heavy atom. The summed E-state index contributed by atoms with van der Waals surface area (Å²) in [5, 5.41) is 2.82. The molecule has 1 unspecified atom stereocenters. The van der Waals surface area contributed by atoms with Crippen LogP contribution in [0.2, 0.25) is 0 Å². The number of hydrogen-bond acceptors (Lipinski definition) is 3. The molecule has 4 nitrogen and oxygen atoms in total. The van der Waals surface area contributed by atoms with E-state index in [1.165, 1.54) is 0 Å². The van der Waals surface area contributed by atoms with E-state index in [4.69, 9.17) is 5.73 Å². The van der Waals surface area contributed by atoms with Crippen LogP contribution in [-0.4, -0.2) is 17.4 Å². The van der Waals surface area contributed by atoms with Gasteiger partial charge in [-0.1, -0.05) is 6.07 Å².